The van der Waals surface area contributed by atoms with Crippen molar-refractivity contribution in [1.82, 2.24) is 9.97 Å². The van der Waals surface area contributed by atoms with Gasteiger partial charge in [-0.05, 0) is 24.3 Å². The van der Waals surface area contributed by atoms with Gasteiger partial charge < -0.3 is 0 Å². The minimum Gasteiger partial charge on any atom is -0.255 e. The van der Waals surface area contributed by atoms with Gasteiger partial charge in [-0.15, -0.1) is 0 Å². The van der Waals surface area contributed by atoms with Crippen LogP contribution < -0.4 is 0 Å². The molecule has 0 bridgehead atoms. The Morgan fingerprint density at radius 3 is 1.50 bits per heavy atom. The second kappa shape index (κ2) is 5.99. The highest BCUT2D eigenvalue weighted by atomic mass is 33.1. The Bertz CT molecular complexity index is 864. The number of pyridine rings is 2. The van der Waals surface area contributed by atoms with Crippen molar-refractivity contribution < 1.29 is 0 Å². The molecule has 2 aromatic carbocycles. The summed E-state index contributed by atoms with van der Waals surface area (Å²) in [5.41, 5.74) is 2.10. The van der Waals surface area contributed by atoms with E-state index in [1.807, 2.05) is 24.5 Å². The molecule has 0 aliphatic carbocycles. The zero-order valence-corrected chi connectivity index (χ0v) is 13.3. The standard InChI is InChI=1S/C18H12N2S2/c1-5-13-7-3-11-19-17(13)15(9-1)21-22-16-10-2-6-14-8-4-12-20-18(14)16/h1-12H. The van der Waals surface area contributed by atoms with Crippen LogP contribution in [0.3, 0.4) is 0 Å². The first-order valence-electron chi connectivity index (χ1n) is 6.94. The van der Waals surface area contributed by atoms with Gasteiger partial charge in [0.25, 0.3) is 0 Å². The van der Waals surface area contributed by atoms with Crippen molar-refractivity contribution in [1.29, 1.82) is 0 Å². The molecular formula is C18H12N2S2. The summed E-state index contributed by atoms with van der Waals surface area (Å²) in [6.07, 6.45) is 3.69. The molecule has 0 saturated carbocycles. The molecule has 22 heavy (non-hydrogen) atoms. The van der Waals surface area contributed by atoms with E-state index in [9.17, 15) is 0 Å². The van der Waals surface area contributed by atoms with E-state index in [1.165, 1.54) is 20.6 Å². The fraction of sp³-hybridized carbons (Fsp3) is 0. The third-order valence-electron chi connectivity index (χ3n) is 3.41. The smallest absolute Gasteiger partial charge is 0.0846 e. The number of nitrogens with zero attached hydrogens (tertiary/aromatic N) is 2. The van der Waals surface area contributed by atoms with Crippen LogP contribution in [-0.2, 0) is 0 Å². The maximum atomic E-state index is 4.51. The number of benzene rings is 2. The van der Waals surface area contributed by atoms with Gasteiger partial charge in [0.1, 0.15) is 0 Å². The van der Waals surface area contributed by atoms with E-state index in [2.05, 4.69) is 58.5 Å². The van der Waals surface area contributed by atoms with Gasteiger partial charge in [-0.3, -0.25) is 9.97 Å². The Labute approximate surface area is 136 Å². The van der Waals surface area contributed by atoms with Gasteiger partial charge in [0.2, 0.25) is 0 Å². The third kappa shape index (κ3) is 2.56. The van der Waals surface area contributed by atoms with Crippen molar-refractivity contribution in [3.8, 4) is 0 Å². The van der Waals surface area contributed by atoms with Crippen LogP contribution in [0.1, 0.15) is 0 Å². The number of hydrogen-bond acceptors (Lipinski definition) is 4. The molecule has 0 N–H and O–H groups in total. The van der Waals surface area contributed by atoms with Gasteiger partial charge in [-0.2, -0.15) is 0 Å². The van der Waals surface area contributed by atoms with Crippen LogP contribution >= 0.6 is 21.6 Å². The van der Waals surface area contributed by atoms with Crippen LogP contribution in [0.4, 0.5) is 0 Å². The van der Waals surface area contributed by atoms with E-state index in [1.54, 1.807) is 21.6 Å². The van der Waals surface area contributed by atoms with Crippen molar-refractivity contribution in [3.05, 3.63) is 73.1 Å². The highest BCUT2D eigenvalue weighted by Crippen LogP contribution is 2.41. The summed E-state index contributed by atoms with van der Waals surface area (Å²) >= 11 is 0. The monoisotopic (exact) mass is 320 g/mol. The van der Waals surface area contributed by atoms with Crippen LogP contribution in [0.5, 0.6) is 0 Å². The molecule has 0 aliphatic rings. The largest absolute Gasteiger partial charge is 0.255 e. The lowest BCUT2D eigenvalue weighted by atomic mass is 10.2. The number of aromatic nitrogens is 2. The van der Waals surface area contributed by atoms with E-state index in [-0.39, 0.29) is 0 Å². The second-order valence-corrected chi connectivity index (χ2v) is 7.04. The van der Waals surface area contributed by atoms with Crippen molar-refractivity contribution in [3.63, 3.8) is 0 Å². The minimum absolute atomic E-state index is 1.05. The van der Waals surface area contributed by atoms with Crippen molar-refractivity contribution >= 4 is 43.4 Å². The van der Waals surface area contributed by atoms with Crippen molar-refractivity contribution in [2.45, 2.75) is 9.79 Å². The lowest BCUT2D eigenvalue weighted by Crippen LogP contribution is -1.82. The highest BCUT2D eigenvalue weighted by Gasteiger charge is 2.06. The van der Waals surface area contributed by atoms with Gasteiger partial charge in [0, 0.05) is 33.0 Å². The molecule has 4 heteroatoms. The van der Waals surface area contributed by atoms with Crippen LogP contribution in [-0.4, -0.2) is 9.97 Å². The average molecular weight is 320 g/mol. The van der Waals surface area contributed by atoms with E-state index >= 15 is 0 Å². The maximum absolute atomic E-state index is 4.51. The van der Waals surface area contributed by atoms with Crippen molar-refractivity contribution in [2.75, 3.05) is 0 Å². The summed E-state index contributed by atoms with van der Waals surface area (Å²) < 4.78 is 0. The van der Waals surface area contributed by atoms with Crippen LogP contribution in [0.25, 0.3) is 21.8 Å². The molecule has 2 heterocycles. The Hall–Kier alpha value is -2.04. The normalized spacial score (nSPS) is 11.1. The van der Waals surface area contributed by atoms with E-state index in [0.29, 0.717) is 0 Å². The molecular weight excluding hydrogens is 308 g/mol. The van der Waals surface area contributed by atoms with E-state index in [4.69, 9.17) is 0 Å². The Morgan fingerprint density at radius 2 is 1.00 bits per heavy atom. The summed E-state index contributed by atoms with van der Waals surface area (Å²) in [6.45, 7) is 0. The van der Waals surface area contributed by atoms with E-state index in [0.717, 1.165) is 11.0 Å². The lowest BCUT2D eigenvalue weighted by Gasteiger charge is -2.06. The maximum Gasteiger partial charge on any atom is 0.0846 e. The molecule has 2 nitrogen and oxygen atoms in total. The second-order valence-electron chi connectivity index (χ2n) is 4.83. The van der Waals surface area contributed by atoms with Crippen LogP contribution in [0.2, 0.25) is 0 Å². The molecule has 0 aliphatic heterocycles. The van der Waals surface area contributed by atoms with Gasteiger partial charge >= 0.3 is 0 Å². The molecule has 4 aromatic rings. The number of hydrogen-bond donors (Lipinski definition) is 0. The quantitative estimate of drug-likeness (QED) is 0.460. The number of fused-ring (bicyclic) bond motifs is 2. The summed E-state index contributed by atoms with van der Waals surface area (Å²) in [6, 6.07) is 20.7. The Morgan fingerprint density at radius 1 is 0.545 bits per heavy atom. The first-order chi connectivity index (χ1) is 10.9. The minimum atomic E-state index is 1.05. The molecule has 0 unspecified atom stereocenters. The fourth-order valence-corrected chi connectivity index (χ4v) is 4.67. The van der Waals surface area contributed by atoms with Gasteiger partial charge in [-0.25, -0.2) is 0 Å². The molecule has 4 rings (SSSR count). The average Bonchev–Trinajstić information content (AvgIpc) is 2.60. The summed E-state index contributed by atoms with van der Waals surface area (Å²) in [7, 11) is 3.46. The summed E-state index contributed by atoms with van der Waals surface area (Å²) in [5, 5.41) is 2.34. The highest BCUT2D eigenvalue weighted by molar-refractivity contribution is 8.76. The molecule has 0 spiro atoms. The zero-order chi connectivity index (χ0) is 14.8. The molecule has 0 amide bonds. The molecule has 0 saturated heterocycles. The molecule has 106 valence electrons. The van der Waals surface area contributed by atoms with Crippen LogP contribution in [0.15, 0.2) is 82.8 Å². The molecule has 0 atom stereocenters. The zero-order valence-electron chi connectivity index (χ0n) is 11.6. The number of rotatable bonds is 3. The van der Waals surface area contributed by atoms with E-state index < -0.39 is 0 Å². The SMILES string of the molecule is c1cnc2c(SSc3cccc4cccnc34)cccc2c1. The topological polar surface area (TPSA) is 25.8 Å². The predicted octanol–water partition coefficient (Wildman–Crippen LogP) is 5.58. The molecule has 0 fully saturated rings. The lowest BCUT2D eigenvalue weighted by molar-refractivity contribution is 1.35. The third-order valence-corrected chi connectivity index (χ3v) is 5.84. The first kappa shape index (κ1) is 13.6. The Balaban J connectivity index is 1.69. The van der Waals surface area contributed by atoms with Gasteiger partial charge in [0.05, 0.1) is 11.0 Å². The van der Waals surface area contributed by atoms with Gasteiger partial charge in [0.15, 0.2) is 0 Å². The summed E-state index contributed by atoms with van der Waals surface area (Å²) in [4.78, 5) is 11.4. The molecule has 0 radical (unpaired) electrons. The predicted molar refractivity (Wildman–Crippen MR) is 95.2 cm³/mol. The first-order valence-corrected chi connectivity index (χ1v) is 9.09. The van der Waals surface area contributed by atoms with Crippen LogP contribution in [0, 0.1) is 0 Å². The number of para-hydroxylation sites is 2. The Kier molecular flexibility index (Phi) is 3.70. The summed E-state index contributed by atoms with van der Waals surface area (Å²) in [5.74, 6) is 0. The van der Waals surface area contributed by atoms with Crippen molar-refractivity contribution in [2.24, 2.45) is 0 Å². The fourth-order valence-electron chi connectivity index (χ4n) is 2.38. The molecule has 2 aromatic heterocycles. The van der Waals surface area contributed by atoms with Gasteiger partial charge in [-0.1, -0.05) is 58.0 Å².